The summed E-state index contributed by atoms with van der Waals surface area (Å²) in [7, 11) is 0. The van der Waals surface area contributed by atoms with Crippen molar-refractivity contribution in [1.29, 1.82) is 0 Å². The van der Waals surface area contributed by atoms with Gasteiger partial charge in [-0.05, 0) is 38.1 Å². The van der Waals surface area contributed by atoms with Crippen LogP contribution in [0.15, 0.2) is 24.3 Å². The molecule has 0 aromatic heterocycles. The molecule has 0 aliphatic rings. The number of carbonyl (C=O) groups is 2. The number of hydrogen-bond donors (Lipinski definition) is 1. The van der Waals surface area contributed by atoms with Crippen molar-refractivity contribution >= 4 is 29.2 Å². The molecule has 0 spiro atoms. The lowest BCUT2D eigenvalue weighted by Gasteiger charge is -2.13. The minimum absolute atomic E-state index is 0.158. The predicted octanol–water partition coefficient (Wildman–Crippen LogP) is 2.25. The Morgan fingerprint density at radius 2 is 1.95 bits per heavy atom. The van der Waals surface area contributed by atoms with Gasteiger partial charge in [-0.15, -0.1) is 0 Å². The number of anilines is 1. The van der Waals surface area contributed by atoms with Crippen molar-refractivity contribution in [1.82, 2.24) is 0 Å². The summed E-state index contributed by atoms with van der Waals surface area (Å²) in [5.74, 6) is -0.979. The number of rotatable bonds is 6. The molecular formula is C13H16ClNO4. The lowest BCUT2D eigenvalue weighted by Crippen LogP contribution is -2.31. The molecule has 6 heteroatoms. The Hall–Kier alpha value is -1.59. The van der Waals surface area contributed by atoms with Crippen molar-refractivity contribution < 1.29 is 19.1 Å². The molecule has 0 fully saturated rings. The second-order valence-electron chi connectivity index (χ2n) is 3.77. The molecular weight excluding hydrogens is 270 g/mol. The van der Waals surface area contributed by atoms with Crippen molar-refractivity contribution in [2.24, 2.45) is 0 Å². The van der Waals surface area contributed by atoms with Crippen molar-refractivity contribution in [3.05, 3.63) is 29.3 Å². The zero-order valence-corrected chi connectivity index (χ0v) is 11.6. The van der Waals surface area contributed by atoms with Crippen LogP contribution in [-0.4, -0.2) is 31.2 Å². The van der Waals surface area contributed by atoms with Crippen LogP contribution in [0.1, 0.15) is 13.8 Å². The third-order valence-electron chi connectivity index (χ3n) is 2.21. The average molecular weight is 286 g/mol. The Kier molecular flexibility index (Phi) is 6.32. The Morgan fingerprint density at radius 1 is 1.32 bits per heavy atom. The summed E-state index contributed by atoms with van der Waals surface area (Å²) in [5.41, 5.74) is 0.585. The van der Waals surface area contributed by atoms with Crippen LogP contribution >= 0.6 is 11.6 Å². The number of nitrogens with one attached hydrogen (secondary N) is 1. The Morgan fingerprint density at radius 3 is 2.53 bits per heavy atom. The third-order valence-corrected chi connectivity index (χ3v) is 2.47. The van der Waals surface area contributed by atoms with Gasteiger partial charge in [-0.3, -0.25) is 4.79 Å². The van der Waals surface area contributed by atoms with Gasteiger partial charge in [-0.25, -0.2) is 4.79 Å². The number of carbonyl (C=O) groups excluding carboxylic acids is 2. The largest absolute Gasteiger partial charge is 0.451 e. The average Bonchev–Trinajstić information content (AvgIpc) is 2.39. The van der Waals surface area contributed by atoms with Crippen LogP contribution in [0.3, 0.4) is 0 Å². The number of halogens is 1. The van der Waals surface area contributed by atoms with Crippen LogP contribution < -0.4 is 5.32 Å². The smallest absolute Gasteiger partial charge is 0.332 e. The number of amides is 1. The monoisotopic (exact) mass is 285 g/mol. The summed E-state index contributed by atoms with van der Waals surface area (Å²) in [5, 5.41) is 3.19. The first-order valence-electron chi connectivity index (χ1n) is 5.86. The van der Waals surface area contributed by atoms with Crippen molar-refractivity contribution in [3.8, 4) is 0 Å². The molecule has 0 aliphatic carbocycles. The molecule has 0 saturated carbocycles. The van der Waals surface area contributed by atoms with E-state index in [0.717, 1.165) is 0 Å². The van der Waals surface area contributed by atoms with E-state index in [1.54, 1.807) is 31.2 Å². The summed E-state index contributed by atoms with van der Waals surface area (Å²) in [6, 6.07) is 6.63. The van der Waals surface area contributed by atoms with Gasteiger partial charge in [0.25, 0.3) is 5.91 Å². The lowest BCUT2D eigenvalue weighted by molar-refractivity contribution is -0.157. The highest BCUT2D eigenvalue weighted by Gasteiger charge is 2.17. The van der Waals surface area contributed by atoms with E-state index >= 15 is 0 Å². The van der Waals surface area contributed by atoms with Gasteiger partial charge in [0, 0.05) is 17.3 Å². The number of ether oxygens (including phenoxy) is 2. The summed E-state index contributed by atoms with van der Waals surface area (Å²) in [6.07, 6.45) is -0.886. The zero-order valence-electron chi connectivity index (χ0n) is 10.8. The van der Waals surface area contributed by atoms with E-state index in [4.69, 9.17) is 21.1 Å². The van der Waals surface area contributed by atoms with E-state index in [-0.39, 0.29) is 6.61 Å². The molecule has 1 rings (SSSR count). The van der Waals surface area contributed by atoms with Gasteiger partial charge in [0.05, 0.1) is 0 Å². The fourth-order valence-corrected chi connectivity index (χ4v) is 1.37. The lowest BCUT2D eigenvalue weighted by atomic mass is 10.3. The minimum atomic E-state index is -0.886. The van der Waals surface area contributed by atoms with Gasteiger partial charge in [-0.2, -0.15) is 0 Å². The summed E-state index contributed by atoms with van der Waals surface area (Å²) in [4.78, 5) is 23.0. The van der Waals surface area contributed by atoms with Gasteiger partial charge in [0.15, 0.2) is 6.10 Å². The fourth-order valence-electron chi connectivity index (χ4n) is 1.25. The second-order valence-corrected chi connectivity index (χ2v) is 4.20. The van der Waals surface area contributed by atoms with Crippen molar-refractivity contribution in [2.75, 3.05) is 18.5 Å². The number of esters is 1. The van der Waals surface area contributed by atoms with Crippen LogP contribution in [0, 0.1) is 0 Å². The molecule has 1 aromatic carbocycles. The van der Waals surface area contributed by atoms with E-state index in [2.05, 4.69) is 5.32 Å². The van der Waals surface area contributed by atoms with Crippen LogP contribution in [0.25, 0.3) is 0 Å². The molecule has 0 aliphatic heterocycles. The maximum Gasteiger partial charge on any atom is 0.332 e. The quantitative estimate of drug-likeness (QED) is 0.814. The van der Waals surface area contributed by atoms with Gasteiger partial charge < -0.3 is 14.8 Å². The molecule has 0 saturated heterocycles. The molecule has 5 nitrogen and oxygen atoms in total. The highest BCUT2D eigenvalue weighted by molar-refractivity contribution is 6.30. The number of benzene rings is 1. The van der Waals surface area contributed by atoms with Crippen molar-refractivity contribution in [3.63, 3.8) is 0 Å². The van der Waals surface area contributed by atoms with E-state index < -0.39 is 18.0 Å². The molecule has 1 atom stereocenters. The molecule has 0 heterocycles. The van der Waals surface area contributed by atoms with E-state index in [1.165, 1.54) is 6.92 Å². The maximum absolute atomic E-state index is 11.7. The highest BCUT2D eigenvalue weighted by atomic mass is 35.5. The maximum atomic E-state index is 11.7. The normalized spacial score (nSPS) is 11.7. The van der Waals surface area contributed by atoms with Crippen LogP contribution in [0.4, 0.5) is 5.69 Å². The minimum Gasteiger partial charge on any atom is -0.451 e. The van der Waals surface area contributed by atoms with E-state index in [1.807, 2.05) is 0 Å². The molecule has 0 bridgehead atoms. The van der Waals surface area contributed by atoms with Crippen LogP contribution in [0.5, 0.6) is 0 Å². The van der Waals surface area contributed by atoms with Gasteiger partial charge in [0.2, 0.25) is 0 Å². The van der Waals surface area contributed by atoms with E-state index in [0.29, 0.717) is 17.3 Å². The first kappa shape index (κ1) is 15.5. The Balaban J connectivity index is 2.44. The third kappa shape index (κ3) is 5.72. The standard InChI is InChI=1S/C13H16ClNO4/c1-3-18-8-12(16)19-9(2)13(17)15-11-6-4-10(14)5-7-11/h4-7,9H,3,8H2,1-2H3,(H,15,17). The summed E-state index contributed by atoms with van der Waals surface area (Å²) >= 11 is 5.73. The van der Waals surface area contributed by atoms with Gasteiger partial charge >= 0.3 is 5.97 Å². The Bertz CT molecular complexity index is 433. The number of hydrogen-bond acceptors (Lipinski definition) is 4. The predicted molar refractivity (Wildman–Crippen MR) is 72.1 cm³/mol. The van der Waals surface area contributed by atoms with Crippen molar-refractivity contribution in [2.45, 2.75) is 20.0 Å². The molecule has 19 heavy (non-hydrogen) atoms. The molecule has 1 unspecified atom stereocenters. The summed E-state index contributed by atoms with van der Waals surface area (Å²) in [6.45, 7) is 3.52. The van der Waals surface area contributed by atoms with Gasteiger partial charge in [-0.1, -0.05) is 11.6 Å². The molecule has 1 amide bonds. The fraction of sp³-hybridized carbons (Fsp3) is 0.385. The topological polar surface area (TPSA) is 64.6 Å². The van der Waals surface area contributed by atoms with Gasteiger partial charge in [0.1, 0.15) is 6.61 Å². The SMILES string of the molecule is CCOCC(=O)OC(C)C(=O)Nc1ccc(Cl)cc1. The first-order valence-corrected chi connectivity index (χ1v) is 6.24. The first-order chi connectivity index (χ1) is 9.02. The molecule has 104 valence electrons. The zero-order chi connectivity index (χ0) is 14.3. The van der Waals surface area contributed by atoms with Crippen LogP contribution in [-0.2, 0) is 19.1 Å². The highest BCUT2D eigenvalue weighted by Crippen LogP contribution is 2.13. The molecule has 0 radical (unpaired) electrons. The van der Waals surface area contributed by atoms with E-state index in [9.17, 15) is 9.59 Å². The van der Waals surface area contributed by atoms with Crippen LogP contribution in [0.2, 0.25) is 5.02 Å². The Labute approximate surface area is 116 Å². The molecule has 1 N–H and O–H groups in total. The molecule has 1 aromatic rings. The second kappa shape index (κ2) is 7.76. The summed E-state index contributed by atoms with van der Waals surface area (Å²) < 4.78 is 9.79.